The molecule has 1 fully saturated rings. The molecule has 0 aliphatic heterocycles. The molecule has 100 valence electrons. The van der Waals surface area contributed by atoms with Crippen molar-refractivity contribution < 1.29 is 9.47 Å². The van der Waals surface area contributed by atoms with Gasteiger partial charge in [0.15, 0.2) is 6.79 Å². The lowest BCUT2D eigenvalue weighted by atomic mass is 10.1. The highest BCUT2D eigenvalue weighted by atomic mass is 16.7. The van der Waals surface area contributed by atoms with Crippen LogP contribution in [0.3, 0.4) is 0 Å². The van der Waals surface area contributed by atoms with Crippen LogP contribution in [0, 0.1) is 5.92 Å². The fraction of sp³-hybridized carbons (Fsp3) is 0.600. The van der Waals surface area contributed by atoms with E-state index in [1.807, 2.05) is 19.1 Å². The topological polar surface area (TPSA) is 44.5 Å². The first-order valence-electron chi connectivity index (χ1n) is 6.79. The number of nitrogens with two attached hydrogens (primary N) is 1. The second kappa shape index (κ2) is 6.76. The van der Waals surface area contributed by atoms with Crippen molar-refractivity contribution in [3.8, 4) is 5.75 Å². The van der Waals surface area contributed by atoms with Gasteiger partial charge in [-0.05, 0) is 56.2 Å². The third kappa shape index (κ3) is 5.07. The molecule has 1 unspecified atom stereocenters. The van der Waals surface area contributed by atoms with Crippen molar-refractivity contribution in [2.75, 3.05) is 13.4 Å². The highest BCUT2D eigenvalue weighted by Gasteiger charge is 2.20. The summed E-state index contributed by atoms with van der Waals surface area (Å²) in [5.41, 5.74) is 7.04. The summed E-state index contributed by atoms with van der Waals surface area (Å²) in [6, 6.07) is 8.45. The zero-order chi connectivity index (χ0) is 12.8. The standard InChI is InChI=1S/C15H23NO2/c1-12(16)2-3-13-6-8-15(9-7-13)18-11-17-10-14-4-5-14/h6-9,12,14H,2-5,10-11,16H2,1H3. The molecule has 0 aromatic heterocycles. The fourth-order valence-corrected chi connectivity index (χ4v) is 1.76. The van der Waals surface area contributed by atoms with Crippen LogP contribution >= 0.6 is 0 Å². The molecule has 1 saturated carbocycles. The van der Waals surface area contributed by atoms with Crippen LogP contribution in [-0.4, -0.2) is 19.4 Å². The van der Waals surface area contributed by atoms with Crippen molar-refractivity contribution in [1.82, 2.24) is 0 Å². The Morgan fingerprint density at radius 3 is 2.61 bits per heavy atom. The molecule has 0 amide bonds. The molecule has 1 atom stereocenters. The molecule has 0 heterocycles. The molecular weight excluding hydrogens is 226 g/mol. The summed E-state index contributed by atoms with van der Waals surface area (Å²) in [6.45, 7) is 3.23. The SMILES string of the molecule is CC(N)CCc1ccc(OCOCC2CC2)cc1. The van der Waals surface area contributed by atoms with Gasteiger partial charge < -0.3 is 15.2 Å². The van der Waals surface area contributed by atoms with Gasteiger partial charge >= 0.3 is 0 Å². The molecule has 2 rings (SSSR count). The molecule has 1 aliphatic rings. The molecule has 0 bridgehead atoms. The van der Waals surface area contributed by atoms with E-state index in [1.54, 1.807) is 0 Å². The molecule has 0 spiro atoms. The lowest BCUT2D eigenvalue weighted by Gasteiger charge is -2.08. The van der Waals surface area contributed by atoms with Crippen LogP contribution in [0.2, 0.25) is 0 Å². The van der Waals surface area contributed by atoms with Crippen molar-refractivity contribution >= 4 is 0 Å². The van der Waals surface area contributed by atoms with Crippen molar-refractivity contribution in [2.24, 2.45) is 11.7 Å². The maximum atomic E-state index is 5.74. The van der Waals surface area contributed by atoms with E-state index < -0.39 is 0 Å². The minimum absolute atomic E-state index is 0.261. The minimum Gasteiger partial charge on any atom is -0.468 e. The molecule has 1 aromatic rings. The summed E-state index contributed by atoms with van der Waals surface area (Å²) in [6.07, 6.45) is 4.67. The Morgan fingerprint density at radius 2 is 2.00 bits per heavy atom. The summed E-state index contributed by atoms with van der Waals surface area (Å²) in [5.74, 6) is 1.66. The van der Waals surface area contributed by atoms with Crippen LogP contribution < -0.4 is 10.5 Å². The van der Waals surface area contributed by atoms with Gasteiger partial charge in [0.1, 0.15) is 5.75 Å². The van der Waals surface area contributed by atoms with E-state index in [1.165, 1.54) is 18.4 Å². The largest absolute Gasteiger partial charge is 0.468 e. The third-order valence-corrected chi connectivity index (χ3v) is 3.17. The highest BCUT2D eigenvalue weighted by molar-refractivity contribution is 5.27. The Bertz CT molecular complexity index is 344. The van der Waals surface area contributed by atoms with Gasteiger partial charge in [-0.1, -0.05) is 12.1 Å². The second-order valence-electron chi connectivity index (χ2n) is 5.24. The van der Waals surface area contributed by atoms with Crippen LogP contribution in [0.25, 0.3) is 0 Å². The average molecular weight is 249 g/mol. The second-order valence-corrected chi connectivity index (χ2v) is 5.24. The van der Waals surface area contributed by atoms with E-state index in [-0.39, 0.29) is 6.04 Å². The summed E-state index contributed by atoms with van der Waals surface area (Å²) < 4.78 is 10.9. The Morgan fingerprint density at radius 1 is 1.28 bits per heavy atom. The van der Waals surface area contributed by atoms with Crippen LogP contribution in [0.1, 0.15) is 31.7 Å². The van der Waals surface area contributed by atoms with Gasteiger partial charge in [-0.25, -0.2) is 0 Å². The number of hydrogen-bond acceptors (Lipinski definition) is 3. The van der Waals surface area contributed by atoms with Crippen molar-refractivity contribution in [2.45, 2.75) is 38.6 Å². The van der Waals surface area contributed by atoms with Crippen LogP contribution in [0.4, 0.5) is 0 Å². The first-order valence-corrected chi connectivity index (χ1v) is 6.79. The Balaban J connectivity index is 1.65. The number of aryl methyl sites for hydroxylation is 1. The highest BCUT2D eigenvalue weighted by Crippen LogP contribution is 2.28. The summed E-state index contributed by atoms with van der Waals surface area (Å²) in [5, 5.41) is 0. The molecule has 18 heavy (non-hydrogen) atoms. The fourth-order valence-electron chi connectivity index (χ4n) is 1.76. The smallest absolute Gasteiger partial charge is 0.189 e. The average Bonchev–Trinajstić information content (AvgIpc) is 3.17. The summed E-state index contributed by atoms with van der Waals surface area (Å²) >= 11 is 0. The molecule has 3 nitrogen and oxygen atoms in total. The molecular formula is C15H23NO2. The predicted molar refractivity (Wildman–Crippen MR) is 72.6 cm³/mol. The Kier molecular flexibility index (Phi) is 5.02. The van der Waals surface area contributed by atoms with Crippen LogP contribution in [0.15, 0.2) is 24.3 Å². The predicted octanol–water partition coefficient (Wildman–Crippen LogP) is 2.73. The summed E-state index contributed by atoms with van der Waals surface area (Å²) in [7, 11) is 0. The molecule has 1 aliphatic carbocycles. The number of ether oxygens (including phenoxy) is 2. The van der Waals surface area contributed by atoms with Gasteiger partial charge in [0.25, 0.3) is 0 Å². The van der Waals surface area contributed by atoms with Crippen LogP contribution in [0.5, 0.6) is 5.75 Å². The Labute approximate surface area is 109 Å². The van der Waals surface area contributed by atoms with Gasteiger partial charge in [-0.15, -0.1) is 0 Å². The first kappa shape index (κ1) is 13.4. The zero-order valence-corrected chi connectivity index (χ0v) is 11.1. The summed E-state index contributed by atoms with van der Waals surface area (Å²) in [4.78, 5) is 0. The van der Waals surface area contributed by atoms with Crippen molar-refractivity contribution in [1.29, 1.82) is 0 Å². The van der Waals surface area contributed by atoms with E-state index >= 15 is 0 Å². The zero-order valence-electron chi connectivity index (χ0n) is 11.1. The minimum atomic E-state index is 0.261. The lowest BCUT2D eigenvalue weighted by Crippen LogP contribution is -2.15. The number of benzene rings is 1. The van der Waals surface area contributed by atoms with Gasteiger partial charge in [-0.2, -0.15) is 0 Å². The van der Waals surface area contributed by atoms with E-state index in [0.29, 0.717) is 6.79 Å². The molecule has 2 N–H and O–H groups in total. The lowest BCUT2D eigenvalue weighted by molar-refractivity contribution is 0.00997. The van der Waals surface area contributed by atoms with Gasteiger partial charge in [0.2, 0.25) is 0 Å². The van der Waals surface area contributed by atoms with Crippen molar-refractivity contribution in [3.63, 3.8) is 0 Å². The maximum Gasteiger partial charge on any atom is 0.189 e. The molecule has 1 aromatic carbocycles. The molecule has 0 radical (unpaired) electrons. The normalized spacial score (nSPS) is 16.6. The van der Waals surface area contributed by atoms with Gasteiger partial charge in [0.05, 0.1) is 6.61 Å². The van der Waals surface area contributed by atoms with Gasteiger partial charge in [0, 0.05) is 6.04 Å². The van der Waals surface area contributed by atoms with Crippen molar-refractivity contribution in [3.05, 3.63) is 29.8 Å². The first-order chi connectivity index (χ1) is 8.74. The maximum absolute atomic E-state index is 5.74. The van der Waals surface area contributed by atoms with E-state index in [4.69, 9.17) is 15.2 Å². The van der Waals surface area contributed by atoms with Crippen LogP contribution in [-0.2, 0) is 11.2 Å². The monoisotopic (exact) mass is 249 g/mol. The third-order valence-electron chi connectivity index (χ3n) is 3.17. The Hall–Kier alpha value is -1.06. The van der Waals surface area contributed by atoms with E-state index in [0.717, 1.165) is 31.1 Å². The number of hydrogen-bond donors (Lipinski definition) is 1. The quantitative estimate of drug-likeness (QED) is 0.569. The van der Waals surface area contributed by atoms with E-state index in [2.05, 4.69) is 12.1 Å². The molecule has 0 saturated heterocycles. The molecule has 3 heteroatoms. The van der Waals surface area contributed by atoms with E-state index in [9.17, 15) is 0 Å². The van der Waals surface area contributed by atoms with Gasteiger partial charge in [-0.3, -0.25) is 0 Å². The number of rotatable bonds is 8.